The topological polar surface area (TPSA) is 134 Å². The van der Waals surface area contributed by atoms with Crippen molar-refractivity contribution < 1.29 is 19.2 Å². The predicted molar refractivity (Wildman–Crippen MR) is 110 cm³/mol. The Morgan fingerprint density at radius 2 is 1.84 bits per heavy atom. The van der Waals surface area contributed by atoms with Gasteiger partial charge in [0.1, 0.15) is 12.0 Å². The van der Waals surface area contributed by atoms with E-state index in [4.69, 9.17) is 0 Å². The van der Waals surface area contributed by atoms with E-state index in [0.29, 0.717) is 31.7 Å². The standard InChI is InChI=1S/C20H20N6O5/c1-24-19(30)16(27)15(17(28)22-14-11-21-31-12-14)23-20(24)26-9-7-25(8-10-26)18(29)13-5-3-2-4-6-13/h2-6,11-12,27H,7-10H2,1H3,(H,22,28). The maximum Gasteiger partial charge on any atom is 0.297 e. The lowest BCUT2D eigenvalue weighted by atomic mass is 10.2. The fourth-order valence-corrected chi connectivity index (χ4v) is 3.35. The number of carbonyl (C=O) groups is 2. The number of anilines is 2. The van der Waals surface area contributed by atoms with Gasteiger partial charge in [-0.2, -0.15) is 0 Å². The molecule has 11 heteroatoms. The van der Waals surface area contributed by atoms with E-state index in [1.165, 1.54) is 24.1 Å². The van der Waals surface area contributed by atoms with Crippen molar-refractivity contribution in [3.05, 3.63) is 64.4 Å². The second-order valence-corrected chi connectivity index (χ2v) is 6.99. The van der Waals surface area contributed by atoms with Gasteiger partial charge < -0.3 is 24.7 Å². The van der Waals surface area contributed by atoms with Crippen molar-refractivity contribution in [2.45, 2.75) is 0 Å². The molecule has 0 radical (unpaired) electrons. The van der Waals surface area contributed by atoms with Gasteiger partial charge in [0.25, 0.3) is 17.4 Å². The van der Waals surface area contributed by atoms with Gasteiger partial charge in [0, 0.05) is 38.8 Å². The average molecular weight is 424 g/mol. The minimum Gasteiger partial charge on any atom is -0.501 e. The van der Waals surface area contributed by atoms with Gasteiger partial charge in [0.05, 0.1) is 6.20 Å². The van der Waals surface area contributed by atoms with E-state index in [9.17, 15) is 19.5 Å². The summed E-state index contributed by atoms with van der Waals surface area (Å²) in [5.74, 6) is -1.36. The Kier molecular flexibility index (Phi) is 5.39. The zero-order valence-corrected chi connectivity index (χ0v) is 16.7. The Labute approximate surface area is 176 Å². The second kappa shape index (κ2) is 8.30. The maximum atomic E-state index is 12.6. The molecule has 31 heavy (non-hydrogen) atoms. The molecule has 11 nitrogen and oxygen atoms in total. The van der Waals surface area contributed by atoms with E-state index < -0.39 is 22.9 Å². The summed E-state index contributed by atoms with van der Waals surface area (Å²) in [7, 11) is 1.47. The first-order valence-electron chi connectivity index (χ1n) is 9.55. The number of rotatable bonds is 4. The summed E-state index contributed by atoms with van der Waals surface area (Å²) in [6.45, 7) is 1.67. The van der Waals surface area contributed by atoms with Crippen molar-refractivity contribution in [2.24, 2.45) is 7.05 Å². The highest BCUT2D eigenvalue weighted by Crippen LogP contribution is 2.19. The molecule has 160 valence electrons. The Hall–Kier alpha value is -4.15. The van der Waals surface area contributed by atoms with Gasteiger partial charge >= 0.3 is 0 Å². The number of nitrogens with zero attached hydrogens (tertiary/aromatic N) is 5. The van der Waals surface area contributed by atoms with Crippen LogP contribution in [0.25, 0.3) is 0 Å². The first kappa shape index (κ1) is 20.1. The van der Waals surface area contributed by atoms with Crippen LogP contribution in [0.2, 0.25) is 0 Å². The zero-order chi connectivity index (χ0) is 22.0. The quantitative estimate of drug-likeness (QED) is 0.625. The van der Waals surface area contributed by atoms with Crippen molar-refractivity contribution in [1.29, 1.82) is 0 Å². The molecule has 4 rings (SSSR count). The Bertz CT molecular complexity index is 1150. The monoisotopic (exact) mass is 424 g/mol. The van der Waals surface area contributed by atoms with Gasteiger partial charge in [-0.3, -0.25) is 19.0 Å². The lowest BCUT2D eigenvalue weighted by molar-refractivity contribution is 0.0746. The first-order chi connectivity index (χ1) is 15.0. The van der Waals surface area contributed by atoms with E-state index in [-0.39, 0.29) is 17.5 Å². The molecule has 3 heterocycles. The van der Waals surface area contributed by atoms with Crippen LogP contribution in [0.5, 0.6) is 5.75 Å². The molecular weight excluding hydrogens is 404 g/mol. The molecule has 0 bridgehead atoms. The van der Waals surface area contributed by atoms with Crippen LogP contribution in [-0.4, -0.2) is 62.7 Å². The molecule has 0 unspecified atom stereocenters. The summed E-state index contributed by atoms with van der Waals surface area (Å²) in [5.41, 5.74) is -0.273. The third-order valence-electron chi connectivity index (χ3n) is 5.02. The van der Waals surface area contributed by atoms with Crippen LogP contribution in [0.1, 0.15) is 20.8 Å². The molecule has 2 amide bonds. The van der Waals surface area contributed by atoms with Gasteiger partial charge in [0.15, 0.2) is 5.69 Å². The first-order valence-corrected chi connectivity index (χ1v) is 9.55. The van der Waals surface area contributed by atoms with Crippen LogP contribution < -0.4 is 15.8 Å². The normalized spacial score (nSPS) is 13.8. The van der Waals surface area contributed by atoms with Crippen LogP contribution in [0, 0.1) is 0 Å². The highest BCUT2D eigenvalue weighted by atomic mass is 16.5. The molecule has 1 saturated heterocycles. The summed E-state index contributed by atoms with van der Waals surface area (Å²) < 4.78 is 5.83. The van der Waals surface area contributed by atoms with Gasteiger partial charge in [-0.05, 0) is 12.1 Å². The molecular formula is C20H20N6O5. The fourth-order valence-electron chi connectivity index (χ4n) is 3.35. The lowest BCUT2D eigenvalue weighted by Gasteiger charge is -2.36. The molecule has 1 aliphatic rings. The molecule has 1 aromatic carbocycles. The number of amides is 2. The van der Waals surface area contributed by atoms with Crippen LogP contribution in [0.3, 0.4) is 0 Å². The molecule has 0 atom stereocenters. The maximum absolute atomic E-state index is 12.6. The zero-order valence-electron chi connectivity index (χ0n) is 16.7. The number of aromatic hydroxyl groups is 1. The predicted octanol–water partition coefficient (Wildman–Crippen LogP) is 0.689. The van der Waals surface area contributed by atoms with Gasteiger partial charge in [-0.1, -0.05) is 23.4 Å². The van der Waals surface area contributed by atoms with Crippen molar-refractivity contribution in [2.75, 3.05) is 36.4 Å². The average Bonchev–Trinajstić information content (AvgIpc) is 3.31. The smallest absolute Gasteiger partial charge is 0.297 e. The number of hydrogen-bond donors (Lipinski definition) is 2. The molecule has 2 N–H and O–H groups in total. The Balaban J connectivity index is 1.53. The lowest BCUT2D eigenvalue weighted by Crippen LogP contribution is -2.50. The summed E-state index contributed by atoms with van der Waals surface area (Å²) in [5, 5.41) is 16.1. The summed E-state index contributed by atoms with van der Waals surface area (Å²) in [4.78, 5) is 45.4. The van der Waals surface area contributed by atoms with E-state index in [2.05, 4.69) is 20.0 Å². The van der Waals surface area contributed by atoms with Crippen LogP contribution >= 0.6 is 0 Å². The largest absolute Gasteiger partial charge is 0.501 e. The van der Waals surface area contributed by atoms with Crippen molar-refractivity contribution in [1.82, 2.24) is 19.6 Å². The summed E-state index contributed by atoms with van der Waals surface area (Å²) in [6, 6.07) is 9.00. The minimum absolute atomic E-state index is 0.0680. The van der Waals surface area contributed by atoms with Gasteiger partial charge in [0.2, 0.25) is 11.7 Å². The van der Waals surface area contributed by atoms with Crippen LogP contribution in [-0.2, 0) is 7.05 Å². The second-order valence-electron chi connectivity index (χ2n) is 6.99. The SMILES string of the molecule is Cn1c(N2CCN(C(=O)c3ccccc3)CC2)nc(C(=O)Nc2cnoc2)c(O)c1=O. The molecule has 1 fully saturated rings. The fraction of sp³-hybridized carbons (Fsp3) is 0.250. The highest BCUT2D eigenvalue weighted by molar-refractivity contribution is 6.04. The molecule has 3 aromatic rings. The van der Waals surface area contributed by atoms with Crippen molar-refractivity contribution >= 4 is 23.5 Å². The third-order valence-corrected chi connectivity index (χ3v) is 5.02. The van der Waals surface area contributed by atoms with Gasteiger partial charge in [-0.15, -0.1) is 0 Å². The molecule has 0 saturated carbocycles. The van der Waals surface area contributed by atoms with Gasteiger partial charge in [-0.25, -0.2) is 4.98 Å². The minimum atomic E-state index is -0.766. The number of benzene rings is 1. The van der Waals surface area contributed by atoms with E-state index in [1.54, 1.807) is 21.9 Å². The van der Waals surface area contributed by atoms with Crippen molar-refractivity contribution in [3.8, 4) is 5.75 Å². The van der Waals surface area contributed by atoms with Crippen LogP contribution in [0.15, 0.2) is 52.1 Å². The van der Waals surface area contributed by atoms with Crippen LogP contribution in [0.4, 0.5) is 11.6 Å². The number of nitrogens with one attached hydrogen (secondary N) is 1. The molecule has 0 aliphatic carbocycles. The summed E-state index contributed by atoms with van der Waals surface area (Å²) >= 11 is 0. The number of piperazine rings is 1. The number of carbonyl (C=O) groups excluding carboxylic acids is 2. The molecule has 1 aliphatic heterocycles. The van der Waals surface area contributed by atoms with Crippen molar-refractivity contribution in [3.63, 3.8) is 0 Å². The number of hydrogen-bond acceptors (Lipinski definition) is 8. The number of aromatic nitrogens is 3. The summed E-state index contributed by atoms with van der Waals surface area (Å²) in [6.07, 6.45) is 2.49. The third kappa shape index (κ3) is 3.97. The Morgan fingerprint density at radius 3 is 2.48 bits per heavy atom. The molecule has 2 aromatic heterocycles. The highest BCUT2D eigenvalue weighted by Gasteiger charge is 2.27. The Morgan fingerprint density at radius 1 is 1.13 bits per heavy atom. The van der Waals surface area contributed by atoms with E-state index >= 15 is 0 Å². The molecule has 0 spiro atoms. The van der Waals surface area contributed by atoms with E-state index in [0.717, 1.165) is 0 Å². The van der Waals surface area contributed by atoms with E-state index in [1.807, 2.05) is 18.2 Å².